The Hall–Kier alpha value is -0.700. The minimum atomic E-state index is 0.626. The Morgan fingerprint density at radius 3 is 2.67 bits per heavy atom. The van der Waals surface area contributed by atoms with Gasteiger partial charge in [-0.1, -0.05) is 32.3 Å². The van der Waals surface area contributed by atoms with Gasteiger partial charge in [0, 0.05) is 0 Å². The Morgan fingerprint density at radius 2 is 2.33 bits per heavy atom. The Bertz CT molecular complexity index is 135. The van der Waals surface area contributed by atoms with Gasteiger partial charge in [-0.2, -0.15) is 0 Å². The summed E-state index contributed by atoms with van der Waals surface area (Å²) < 4.78 is 0. The fourth-order valence-corrected chi connectivity index (χ4v) is 0.593. The molecule has 0 aromatic carbocycles. The SMILES string of the molecule is C#C/C(C)=C/[C@@H](C)CC. The van der Waals surface area contributed by atoms with E-state index in [1.807, 2.05) is 6.92 Å². The molecule has 0 aromatic rings. The average molecular weight is 122 g/mol. The van der Waals surface area contributed by atoms with Crippen LogP contribution in [0.3, 0.4) is 0 Å². The molecule has 0 aliphatic rings. The van der Waals surface area contributed by atoms with E-state index >= 15 is 0 Å². The molecule has 50 valence electrons. The summed E-state index contributed by atoms with van der Waals surface area (Å²) in [5.41, 5.74) is 1.05. The standard InChI is InChI=1S/C9H14/c1-5-8(3)7-9(4)6-2/h1,7,9H,6H2,2-4H3/b8-7+/t9-/m0/s1. The summed E-state index contributed by atoms with van der Waals surface area (Å²) in [6.07, 6.45) is 8.45. The van der Waals surface area contributed by atoms with E-state index in [2.05, 4.69) is 25.8 Å². The van der Waals surface area contributed by atoms with Gasteiger partial charge in [-0.05, 0) is 18.4 Å². The zero-order chi connectivity index (χ0) is 7.28. The van der Waals surface area contributed by atoms with E-state index in [9.17, 15) is 0 Å². The molecule has 0 nitrogen and oxygen atoms in total. The maximum Gasteiger partial charge on any atom is -0.00506 e. The molecule has 0 amide bonds. The number of hydrogen-bond acceptors (Lipinski definition) is 0. The van der Waals surface area contributed by atoms with Gasteiger partial charge in [0.1, 0.15) is 0 Å². The summed E-state index contributed by atoms with van der Waals surface area (Å²) >= 11 is 0. The number of hydrogen-bond donors (Lipinski definition) is 0. The Labute approximate surface area is 58.0 Å². The summed E-state index contributed by atoms with van der Waals surface area (Å²) in [7, 11) is 0. The van der Waals surface area contributed by atoms with Crippen LogP contribution in [0.15, 0.2) is 11.6 Å². The monoisotopic (exact) mass is 122 g/mol. The zero-order valence-corrected chi connectivity index (χ0v) is 6.44. The third-order valence-electron chi connectivity index (χ3n) is 1.41. The highest BCUT2D eigenvalue weighted by Crippen LogP contribution is 2.04. The fourth-order valence-electron chi connectivity index (χ4n) is 0.593. The summed E-state index contributed by atoms with van der Waals surface area (Å²) in [6.45, 7) is 6.29. The van der Waals surface area contributed by atoms with Crippen LogP contribution >= 0.6 is 0 Å². The van der Waals surface area contributed by atoms with Crippen LogP contribution in [-0.2, 0) is 0 Å². The highest BCUT2D eigenvalue weighted by molar-refractivity contribution is 5.22. The van der Waals surface area contributed by atoms with Crippen LogP contribution in [0.25, 0.3) is 0 Å². The van der Waals surface area contributed by atoms with E-state index in [4.69, 9.17) is 6.42 Å². The van der Waals surface area contributed by atoms with Crippen molar-refractivity contribution in [1.82, 2.24) is 0 Å². The number of rotatable bonds is 2. The second kappa shape index (κ2) is 4.21. The average Bonchev–Trinajstić information content (AvgIpc) is 1.87. The van der Waals surface area contributed by atoms with Crippen molar-refractivity contribution in [2.75, 3.05) is 0 Å². The van der Waals surface area contributed by atoms with E-state index < -0.39 is 0 Å². The normalized spacial score (nSPS) is 14.7. The molecule has 0 radical (unpaired) electrons. The highest BCUT2D eigenvalue weighted by atomic mass is 14.0. The molecule has 0 saturated heterocycles. The minimum Gasteiger partial charge on any atom is -0.115 e. The first kappa shape index (κ1) is 8.30. The minimum absolute atomic E-state index is 0.626. The number of terminal acetylenes is 1. The molecule has 0 fully saturated rings. The third-order valence-corrected chi connectivity index (χ3v) is 1.41. The Morgan fingerprint density at radius 1 is 1.78 bits per heavy atom. The van der Waals surface area contributed by atoms with E-state index in [0.717, 1.165) is 5.57 Å². The summed E-state index contributed by atoms with van der Waals surface area (Å²) in [5, 5.41) is 0. The molecule has 0 heterocycles. The van der Waals surface area contributed by atoms with Gasteiger partial charge >= 0.3 is 0 Å². The molecular formula is C9H14. The van der Waals surface area contributed by atoms with Crippen molar-refractivity contribution >= 4 is 0 Å². The predicted molar refractivity (Wildman–Crippen MR) is 42.0 cm³/mol. The van der Waals surface area contributed by atoms with Crippen LogP contribution in [-0.4, -0.2) is 0 Å². The summed E-state index contributed by atoms with van der Waals surface area (Å²) in [5.74, 6) is 3.22. The zero-order valence-electron chi connectivity index (χ0n) is 6.44. The van der Waals surface area contributed by atoms with Crippen LogP contribution < -0.4 is 0 Å². The van der Waals surface area contributed by atoms with Crippen LogP contribution in [0.2, 0.25) is 0 Å². The van der Waals surface area contributed by atoms with Gasteiger partial charge < -0.3 is 0 Å². The summed E-state index contributed by atoms with van der Waals surface area (Å²) in [6, 6.07) is 0. The highest BCUT2D eigenvalue weighted by Gasteiger charge is 1.91. The van der Waals surface area contributed by atoms with Gasteiger partial charge in [0.25, 0.3) is 0 Å². The largest absolute Gasteiger partial charge is 0.115 e. The second-order valence-corrected chi connectivity index (χ2v) is 2.38. The van der Waals surface area contributed by atoms with Crippen molar-refractivity contribution in [2.45, 2.75) is 27.2 Å². The van der Waals surface area contributed by atoms with Crippen LogP contribution in [0.1, 0.15) is 27.2 Å². The molecule has 0 spiro atoms. The lowest BCUT2D eigenvalue weighted by Gasteiger charge is -1.99. The van der Waals surface area contributed by atoms with E-state index in [-0.39, 0.29) is 0 Å². The molecule has 0 aliphatic heterocycles. The van der Waals surface area contributed by atoms with E-state index in [0.29, 0.717) is 5.92 Å². The Balaban J connectivity index is 3.83. The van der Waals surface area contributed by atoms with Crippen molar-refractivity contribution < 1.29 is 0 Å². The van der Waals surface area contributed by atoms with Gasteiger partial charge in [0.15, 0.2) is 0 Å². The van der Waals surface area contributed by atoms with E-state index in [1.54, 1.807) is 0 Å². The lowest BCUT2D eigenvalue weighted by molar-refractivity contribution is 0.695. The second-order valence-electron chi connectivity index (χ2n) is 2.38. The lowest BCUT2D eigenvalue weighted by atomic mass is 10.1. The van der Waals surface area contributed by atoms with Crippen molar-refractivity contribution in [3.05, 3.63) is 11.6 Å². The molecule has 9 heavy (non-hydrogen) atoms. The lowest BCUT2D eigenvalue weighted by Crippen LogP contribution is -1.85. The van der Waals surface area contributed by atoms with Crippen molar-refractivity contribution in [2.24, 2.45) is 5.92 Å². The van der Waals surface area contributed by atoms with Gasteiger partial charge in [0.05, 0.1) is 0 Å². The quantitative estimate of drug-likeness (QED) is 0.494. The first-order valence-electron chi connectivity index (χ1n) is 3.35. The maximum absolute atomic E-state index is 5.16. The maximum atomic E-state index is 5.16. The van der Waals surface area contributed by atoms with Gasteiger partial charge in [0.2, 0.25) is 0 Å². The first-order chi connectivity index (χ1) is 4.20. The van der Waals surface area contributed by atoms with Gasteiger partial charge in [-0.3, -0.25) is 0 Å². The van der Waals surface area contributed by atoms with Crippen LogP contribution in [0.4, 0.5) is 0 Å². The van der Waals surface area contributed by atoms with Crippen LogP contribution in [0, 0.1) is 18.3 Å². The van der Waals surface area contributed by atoms with Crippen molar-refractivity contribution in [1.29, 1.82) is 0 Å². The van der Waals surface area contributed by atoms with Crippen molar-refractivity contribution in [3.8, 4) is 12.3 Å². The molecule has 1 atom stereocenters. The summed E-state index contributed by atoms with van der Waals surface area (Å²) in [4.78, 5) is 0. The smallest absolute Gasteiger partial charge is 0.00506 e. The third kappa shape index (κ3) is 3.85. The van der Waals surface area contributed by atoms with Crippen LogP contribution in [0.5, 0.6) is 0 Å². The number of allylic oxidation sites excluding steroid dienone is 2. The molecular weight excluding hydrogens is 108 g/mol. The van der Waals surface area contributed by atoms with E-state index in [1.165, 1.54) is 6.42 Å². The molecule has 0 unspecified atom stereocenters. The predicted octanol–water partition coefficient (Wildman–Crippen LogP) is 2.61. The fraction of sp³-hybridized carbons (Fsp3) is 0.556. The molecule has 0 bridgehead atoms. The molecule has 0 heteroatoms. The molecule has 0 aliphatic carbocycles. The molecule has 0 saturated carbocycles. The van der Waals surface area contributed by atoms with Gasteiger partial charge in [-0.15, -0.1) is 6.42 Å². The van der Waals surface area contributed by atoms with Gasteiger partial charge in [-0.25, -0.2) is 0 Å². The first-order valence-corrected chi connectivity index (χ1v) is 3.35. The molecule has 0 aromatic heterocycles. The topological polar surface area (TPSA) is 0 Å². The molecule has 0 rings (SSSR count). The molecule has 0 N–H and O–H groups in total. The Kier molecular flexibility index (Phi) is 3.88. The van der Waals surface area contributed by atoms with Crippen molar-refractivity contribution in [3.63, 3.8) is 0 Å².